The summed E-state index contributed by atoms with van der Waals surface area (Å²) in [5.74, 6) is -2.23. The molecule has 33 heavy (non-hydrogen) atoms. The Balaban J connectivity index is 1.93. The number of thioether (sulfide) groups is 2. The number of aliphatic carboxylic acids is 1. The molecule has 2 atom stereocenters. The number of nitrogens with zero attached hydrogens (tertiary/aromatic N) is 4. The van der Waals surface area contributed by atoms with Crippen molar-refractivity contribution in [1.82, 2.24) is 20.2 Å². The molecule has 1 unspecified atom stereocenters. The molecule has 0 aromatic carbocycles. The highest BCUT2D eigenvalue weighted by molar-refractivity contribution is 8.06. The molecule has 0 radical (unpaired) electrons. The average molecular weight is 527 g/mol. The van der Waals surface area contributed by atoms with E-state index >= 15 is 0 Å². The number of carboxylic acid groups (broad SMARTS) is 1. The number of nitrogens with two attached hydrogens (primary N) is 1. The van der Waals surface area contributed by atoms with Gasteiger partial charge in [-0.25, -0.2) is 9.78 Å². The number of fused-ring (bicyclic) bond motifs is 1. The van der Waals surface area contributed by atoms with E-state index in [1.165, 1.54) is 4.90 Å². The lowest BCUT2D eigenvalue weighted by atomic mass is 10.1. The van der Waals surface area contributed by atoms with Crippen molar-refractivity contribution >= 4 is 75.6 Å². The van der Waals surface area contributed by atoms with Crippen molar-refractivity contribution in [3.8, 4) is 0 Å². The molecule has 0 bridgehead atoms. The molecule has 172 valence electrons. The van der Waals surface area contributed by atoms with Crippen molar-refractivity contribution in [2.75, 3.05) is 5.73 Å². The van der Waals surface area contributed by atoms with Crippen LogP contribution in [-0.4, -0.2) is 54.6 Å². The molecule has 2 amide bonds. The lowest BCUT2D eigenvalue weighted by Crippen LogP contribution is -2.60. The molecule has 11 nitrogen and oxygen atoms in total. The number of carbonyl (C=O) groups excluding carboxylic acids is 2. The first-order valence-electron chi connectivity index (χ1n) is 9.18. The summed E-state index contributed by atoms with van der Waals surface area (Å²) >= 11 is 9.61. The Bertz CT molecular complexity index is 1190. The van der Waals surface area contributed by atoms with Crippen LogP contribution in [0.5, 0.6) is 0 Å². The van der Waals surface area contributed by atoms with Crippen molar-refractivity contribution in [1.29, 1.82) is 0 Å². The van der Waals surface area contributed by atoms with Crippen LogP contribution in [0.15, 0.2) is 40.3 Å². The second kappa shape index (κ2) is 9.21. The number of anilines is 1. The van der Waals surface area contributed by atoms with Crippen LogP contribution in [-0.2, 0) is 25.0 Å². The zero-order chi connectivity index (χ0) is 23.8. The first kappa shape index (κ1) is 23.4. The molecular weight excluding hydrogens is 512 g/mol. The number of carboxylic acids is 1. The number of carbonyl (C=O) groups is 3. The Morgan fingerprint density at radius 1 is 1.45 bits per heavy atom. The van der Waals surface area contributed by atoms with Crippen LogP contribution in [0.2, 0.25) is 4.34 Å². The number of rotatable bonds is 7. The summed E-state index contributed by atoms with van der Waals surface area (Å²) in [5.41, 5.74) is 6.54. The van der Waals surface area contributed by atoms with Crippen LogP contribution in [0.1, 0.15) is 17.7 Å². The van der Waals surface area contributed by atoms with Gasteiger partial charge in [0.15, 0.2) is 10.0 Å². The van der Waals surface area contributed by atoms with Crippen molar-refractivity contribution < 1.29 is 24.7 Å². The molecule has 4 heterocycles. The van der Waals surface area contributed by atoms with E-state index in [0.29, 0.717) is 12.0 Å². The standard InChI is InChI=1S/C18H15ClN6O5S3/c19-15-13(23-17(20)32-15)18(24-9(26)6-22-30)14(31-7-8-1-3-21-4-2-8)12(16(28)29)25-10(27)5-11(25)33-18/h1-4,6,11,30H,5,7H2,(H2,20,23)(H,24,26)(H,28,29)/b22-6-/t11-,18?/m0/s1. The second-order valence-corrected chi connectivity index (χ2v) is 10.8. The molecule has 1 saturated heterocycles. The zero-order valence-electron chi connectivity index (χ0n) is 16.5. The summed E-state index contributed by atoms with van der Waals surface area (Å²) in [4.78, 5) is 45.3. The summed E-state index contributed by atoms with van der Waals surface area (Å²) in [6, 6.07) is 3.52. The third kappa shape index (κ3) is 4.26. The molecular formula is C18H15ClN6O5S3. The number of amides is 2. The molecule has 0 aliphatic carbocycles. The van der Waals surface area contributed by atoms with Gasteiger partial charge in [0, 0.05) is 18.1 Å². The van der Waals surface area contributed by atoms with Crippen molar-refractivity contribution in [3.05, 3.63) is 50.7 Å². The maximum atomic E-state index is 12.6. The maximum absolute atomic E-state index is 12.6. The number of hydrogen-bond donors (Lipinski definition) is 4. The third-order valence-corrected chi connectivity index (χ3v) is 8.72. The third-order valence-electron chi connectivity index (χ3n) is 4.74. The highest BCUT2D eigenvalue weighted by Gasteiger charge is 2.58. The highest BCUT2D eigenvalue weighted by atomic mass is 35.5. The van der Waals surface area contributed by atoms with Crippen LogP contribution in [0, 0.1) is 0 Å². The van der Waals surface area contributed by atoms with E-state index in [2.05, 4.69) is 20.4 Å². The number of pyridine rings is 1. The minimum absolute atomic E-state index is 0.0622. The number of oxime groups is 1. The summed E-state index contributed by atoms with van der Waals surface area (Å²) in [5, 5.41) is 23.9. The molecule has 2 aliphatic rings. The van der Waals surface area contributed by atoms with Crippen molar-refractivity contribution in [2.45, 2.75) is 22.4 Å². The van der Waals surface area contributed by atoms with Crippen LogP contribution < -0.4 is 11.1 Å². The first-order valence-corrected chi connectivity index (χ1v) is 12.2. The Kier molecular flexibility index (Phi) is 6.52. The monoisotopic (exact) mass is 526 g/mol. The van der Waals surface area contributed by atoms with Crippen LogP contribution >= 0.6 is 46.5 Å². The van der Waals surface area contributed by atoms with Crippen molar-refractivity contribution in [2.24, 2.45) is 5.16 Å². The van der Waals surface area contributed by atoms with Gasteiger partial charge in [-0.15, -0.1) is 11.8 Å². The fourth-order valence-corrected chi connectivity index (χ4v) is 7.63. The van der Waals surface area contributed by atoms with E-state index in [1.54, 1.807) is 24.5 Å². The van der Waals surface area contributed by atoms with E-state index in [4.69, 9.17) is 22.5 Å². The molecule has 15 heteroatoms. The zero-order valence-corrected chi connectivity index (χ0v) is 19.7. The molecule has 0 spiro atoms. The summed E-state index contributed by atoms with van der Waals surface area (Å²) in [6.07, 6.45) is 3.89. The molecule has 4 rings (SSSR count). The lowest BCUT2D eigenvalue weighted by molar-refractivity contribution is -0.146. The van der Waals surface area contributed by atoms with Gasteiger partial charge in [-0.1, -0.05) is 39.9 Å². The van der Waals surface area contributed by atoms with Crippen LogP contribution in [0.3, 0.4) is 0 Å². The predicted molar refractivity (Wildman–Crippen MR) is 125 cm³/mol. The van der Waals surface area contributed by atoms with Crippen molar-refractivity contribution in [3.63, 3.8) is 0 Å². The first-order chi connectivity index (χ1) is 15.8. The number of nitrogen functional groups attached to an aromatic ring is 1. The van der Waals surface area contributed by atoms with E-state index in [9.17, 15) is 19.5 Å². The maximum Gasteiger partial charge on any atom is 0.353 e. The van der Waals surface area contributed by atoms with Gasteiger partial charge in [0.25, 0.3) is 5.91 Å². The Morgan fingerprint density at radius 3 is 2.76 bits per heavy atom. The second-order valence-electron chi connectivity index (χ2n) is 6.76. The highest BCUT2D eigenvalue weighted by Crippen LogP contribution is 2.58. The number of β-lactam (4-membered cyclic amide) rings is 1. The van der Waals surface area contributed by atoms with Gasteiger partial charge in [-0.3, -0.25) is 19.5 Å². The lowest BCUT2D eigenvalue weighted by Gasteiger charge is -2.51. The minimum Gasteiger partial charge on any atom is -0.477 e. The Morgan fingerprint density at radius 2 is 2.18 bits per heavy atom. The summed E-state index contributed by atoms with van der Waals surface area (Å²) < 4.78 is 0.145. The average Bonchev–Trinajstić information content (AvgIpc) is 3.11. The summed E-state index contributed by atoms with van der Waals surface area (Å²) in [7, 11) is 0. The van der Waals surface area contributed by atoms with Gasteiger partial charge in [0.1, 0.15) is 21.9 Å². The van der Waals surface area contributed by atoms with E-state index in [-0.39, 0.29) is 38.1 Å². The summed E-state index contributed by atoms with van der Waals surface area (Å²) in [6.45, 7) is 0. The van der Waals surface area contributed by atoms with E-state index < -0.39 is 22.1 Å². The SMILES string of the molecule is Nc1nc(C2(NC(=O)/C=N\O)S[C@H]3CC(=O)N3C(C(=O)O)=C2SCc2ccncc2)c(Cl)s1. The largest absolute Gasteiger partial charge is 0.477 e. The van der Waals surface area contributed by atoms with Gasteiger partial charge in [-0.2, -0.15) is 0 Å². The number of nitrogens with one attached hydrogen (secondary N) is 1. The Labute approximate surface area is 204 Å². The topological polar surface area (TPSA) is 171 Å². The molecule has 2 aromatic rings. The van der Waals surface area contributed by atoms with Gasteiger partial charge >= 0.3 is 5.97 Å². The fraction of sp³-hybridized carbons (Fsp3) is 0.222. The van der Waals surface area contributed by atoms with Crippen LogP contribution in [0.4, 0.5) is 5.13 Å². The number of aromatic nitrogens is 2. The fourth-order valence-electron chi connectivity index (χ4n) is 3.39. The molecule has 2 aromatic heterocycles. The number of halogens is 1. The normalized spacial score (nSPS) is 22.3. The molecule has 1 fully saturated rings. The predicted octanol–water partition coefficient (Wildman–Crippen LogP) is 2.04. The molecule has 0 saturated carbocycles. The quantitative estimate of drug-likeness (QED) is 0.181. The van der Waals surface area contributed by atoms with E-state index in [0.717, 1.165) is 40.4 Å². The Hall–Kier alpha value is -2.81. The van der Waals surface area contributed by atoms with Gasteiger partial charge in [0.05, 0.1) is 16.7 Å². The van der Waals surface area contributed by atoms with Gasteiger partial charge < -0.3 is 21.4 Å². The number of thiazole rings is 1. The van der Waals surface area contributed by atoms with Gasteiger partial charge in [-0.05, 0) is 17.7 Å². The van der Waals surface area contributed by atoms with E-state index in [1.807, 2.05) is 0 Å². The minimum atomic E-state index is -1.60. The number of hydrogen-bond acceptors (Lipinski definition) is 11. The molecule has 2 aliphatic heterocycles. The molecule has 5 N–H and O–H groups in total. The van der Waals surface area contributed by atoms with Crippen LogP contribution in [0.25, 0.3) is 0 Å². The smallest absolute Gasteiger partial charge is 0.353 e. The van der Waals surface area contributed by atoms with Gasteiger partial charge in [0.2, 0.25) is 5.91 Å².